The maximum Gasteiger partial charge on any atom is 0.407 e. The first-order chi connectivity index (χ1) is 19.8. The van der Waals surface area contributed by atoms with Crippen molar-refractivity contribution in [2.24, 2.45) is 4.99 Å². The molecule has 0 saturated heterocycles. The summed E-state index contributed by atoms with van der Waals surface area (Å²) < 4.78 is 6.23. The van der Waals surface area contributed by atoms with Gasteiger partial charge in [0, 0.05) is 50.3 Å². The topological polar surface area (TPSA) is 136 Å². The largest absolute Gasteiger partial charge is 0.453 e. The Hall–Kier alpha value is -4.15. The van der Waals surface area contributed by atoms with Crippen molar-refractivity contribution in [3.8, 4) is 0 Å². The minimum Gasteiger partial charge on any atom is -0.453 e. The molecule has 2 amide bonds. The molecule has 218 valence electrons. The SMILES string of the molecule is COC(=O)N[C@@H](CC/C=C/C(=O)N(C)C)C(=O)Cc1cccn(CC2=Nc3c(ncnc3C3CCCCC3)C2)c1=O. The summed E-state index contributed by atoms with van der Waals surface area (Å²) in [5, 5.41) is 2.55. The molecule has 1 atom stereocenters. The Kier molecular flexibility index (Phi) is 10.2. The van der Waals surface area contributed by atoms with Crippen LogP contribution < -0.4 is 10.9 Å². The second kappa shape index (κ2) is 14.0. The highest BCUT2D eigenvalue weighted by Gasteiger charge is 2.27. The second-order valence-electron chi connectivity index (χ2n) is 10.8. The molecule has 1 N–H and O–H groups in total. The van der Waals surface area contributed by atoms with Gasteiger partial charge in [-0.1, -0.05) is 31.4 Å². The lowest BCUT2D eigenvalue weighted by molar-refractivity contribution is -0.123. The van der Waals surface area contributed by atoms with E-state index in [1.807, 2.05) is 0 Å². The molecule has 3 heterocycles. The molecule has 1 saturated carbocycles. The van der Waals surface area contributed by atoms with Gasteiger partial charge in [0.2, 0.25) is 5.91 Å². The zero-order valence-corrected chi connectivity index (χ0v) is 24.0. The number of nitrogens with zero attached hydrogens (tertiary/aromatic N) is 5. The van der Waals surface area contributed by atoms with Gasteiger partial charge in [-0.3, -0.25) is 19.4 Å². The molecule has 11 nitrogen and oxygen atoms in total. The van der Waals surface area contributed by atoms with Crippen LogP contribution in [0.5, 0.6) is 0 Å². The maximum absolute atomic E-state index is 13.3. The average Bonchev–Trinajstić information content (AvgIpc) is 3.39. The maximum atomic E-state index is 13.3. The fraction of sp³-hybridized carbons (Fsp3) is 0.500. The van der Waals surface area contributed by atoms with Gasteiger partial charge in [0.25, 0.3) is 5.56 Å². The molecule has 4 rings (SSSR count). The Morgan fingerprint density at radius 2 is 1.98 bits per heavy atom. The van der Waals surface area contributed by atoms with Crippen molar-refractivity contribution in [3.05, 3.63) is 64.1 Å². The molecule has 1 fully saturated rings. The average molecular weight is 563 g/mol. The molecule has 0 bridgehead atoms. The number of methoxy groups -OCH3 is 1. The van der Waals surface area contributed by atoms with Gasteiger partial charge >= 0.3 is 6.09 Å². The van der Waals surface area contributed by atoms with Gasteiger partial charge in [0.1, 0.15) is 12.0 Å². The molecule has 0 radical (unpaired) electrons. The van der Waals surface area contributed by atoms with Crippen LogP contribution in [-0.4, -0.2) is 70.2 Å². The van der Waals surface area contributed by atoms with E-state index in [4.69, 9.17) is 4.99 Å². The van der Waals surface area contributed by atoms with Crippen molar-refractivity contribution in [1.29, 1.82) is 0 Å². The Morgan fingerprint density at radius 1 is 1.20 bits per heavy atom. The molecular formula is C30H38N6O5. The van der Waals surface area contributed by atoms with E-state index in [9.17, 15) is 19.2 Å². The molecule has 0 aromatic carbocycles. The van der Waals surface area contributed by atoms with Crippen LogP contribution in [0.15, 0.2) is 46.6 Å². The predicted octanol–water partition coefficient (Wildman–Crippen LogP) is 3.28. The summed E-state index contributed by atoms with van der Waals surface area (Å²) in [5.74, 6) is -0.0994. The number of likely N-dealkylation sites (N-methyl/N-ethyl adjacent to an activating group) is 1. The van der Waals surface area contributed by atoms with E-state index < -0.39 is 12.1 Å². The van der Waals surface area contributed by atoms with E-state index in [-0.39, 0.29) is 36.6 Å². The summed E-state index contributed by atoms with van der Waals surface area (Å²) in [7, 11) is 4.51. The van der Waals surface area contributed by atoms with E-state index in [0.717, 1.165) is 35.6 Å². The van der Waals surface area contributed by atoms with Crippen LogP contribution in [0.1, 0.15) is 67.8 Å². The number of hydrogen-bond acceptors (Lipinski definition) is 8. The van der Waals surface area contributed by atoms with Gasteiger partial charge in [0.05, 0.1) is 31.1 Å². The number of alkyl carbamates (subject to hydrolysis) is 1. The van der Waals surface area contributed by atoms with E-state index in [1.165, 1.54) is 37.3 Å². The summed E-state index contributed by atoms with van der Waals surface area (Å²) >= 11 is 0. The Bertz CT molecular complexity index is 1390. The summed E-state index contributed by atoms with van der Waals surface area (Å²) in [6, 6.07) is 2.48. The summed E-state index contributed by atoms with van der Waals surface area (Å²) in [6.07, 6.45) is 12.6. The Balaban J connectivity index is 1.45. The predicted molar refractivity (Wildman–Crippen MR) is 154 cm³/mol. The zero-order valence-electron chi connectivity index (χ0n) is 24.0. The quantitative estimate of drug-likeness (QED) is 0.415. The first kappa shape index (κ1) is 29.8. The summed E-state index contributed by atoms with van der Waals surface area (Å²) in [6.45, 7) is 0.288. The van der Waals surface area contributed by atoms with E-state index >= 15 is 0 Å². The number of amides is 2. The minimum absolute atomic E-state index is 0.154. The highest BCUT2D eigenvalue weighted by Crippen LogP contribution is 2.39. The van der Waals surface area contributed by atoms with Crippen LogP contribution in [0.3, 0.4) is 0 Å². The van der Waals surface area contributed by atoms with Crippen molar-refractivity contribution in [3.63, 3.8) is 0 Å². The molecule has 1 aliphatic carbocycles. The van der Waals surface area contributed by atoms with Crippen molar-refractivity contribution in [2.75, 3.05) is 21.2 Å². The first-order valence-corrected chi connectivity index (χ1v) is 14.1. The molecule has 2 aromatic heterocycles. The smallest absolute Gasteiger partial charge is 0.407 e. The molecule has 41 heavy (non-hydrogen) atoms. The number of ether oxygens (including phenoxy) is 1. The number of allylic oxidation sites excluding steroid dienone is 1. The van der Waals surface area contributed by atoms with Gasteiger partial charge in [-0.2, -0.15) is 0 Å². The lowest BCUT2D eigenvalue weighted by Gasteiger charge is -2.21. The number of rotatable bonds is 11. The third-order valence-corrected chi connectivity index (χ3v) is 7.57. The van der Waals surface area contributed by atoms with Crippen molar-refractivity contribution >= 4 is 29.2 Å². The second-order valence-corrected chi connectivity index (χ2v) is 10.8. The van der Waals surface area contributed by atoms with Crippen LogP contribution in [-0.2, 0) is 33.7 Å². The number of carbonyl (C=O) groups excluding carboxylic acids is 3. The summed E-state index contributed by atoms with van der Waals surface area (Å²) in [5.41, 5.74) is 3.63. The van der Waals surface area contributed by atoms with Crippen LogP contribution >= 0.6 is 0 Å². The highest BCUT2D eigenvalue weighted by molar-refractivity contribution is 5.93. The van der Waals surface area contributed by atoms with E-state index in [1.54, 1.807) is 49.4 Å². The molecule has 0 unspecified atom stereocenters. The number of Topliss-reactive ketones (excluding diaryl/α,β-unsaturated/α-hetero) is 1. The lowest BCUT2D eigenvalue weighted by atomic mass is 9.86. The van der Waals surface area contributed by atoms with Crippen molar-refractivity contribution in [2.45, 2.75) is 76.3 Å². The van der Waals surface area contributed by atoms with Gasteiger partial charge in [-0.05, 0) is 37.8 Å². The van der Waals surface area contributed by atoms with Crippen molar-refractivity contribution in [1.82, 2.24) is 24.8 Å². The number of ketones is 1. The fourth-order valence-electron chi connectivity index (χ4n) is 5.30. The zero-order chi connectivity index (χ0) is 29.4. The Morgan fingerprint density at radius 3 is 2.71 bits per heavy atom. The van der Waals surface area contributed by atoms with Gasteiger partial charge in [-0.15, -0.1) is 0 Å². The number of aliphatic imine (C=N–C) groups is 1. The molecular weight excluding hydrogens is 524 g/mol. The number of hydrogen-bond donors (Lipinski definition) is 1. The number of carbonyl (C=O) groups is 3. The molecule has 2 aromatic rings. The molecule has 2 aliphatic rings. The number of pyridine rings is 1. The third-order valence-electron chi connectivity index (χ3n) is 7.57. The Labute approximate surface area is 239 Å². The van der Waals surface area contributed by atoms with Gasteiger partial charge in [0.15, 0.2) is 5.78 Å². The molecule has 1 aliphatic heterocycles. The minimum atomic E-state index is -0.875. The van der Waals surface area contributed by atoms with Crippen LogP contribution in [0, 0.1) is 0 Å². The fourth-order valence-corrected chi connectivity index (χ4v) is 5.30. The number of nitrogens with one attached hydrogen (secondary N) is 1. The lowest BCUT2D eigenvalue weighted by Crippen LogP contribution is -2.42. The van der Waals surface area contributed by atoms with E-state index in [2.05, 4.69) is 20.0 Å². The van der Waals surface area contributed by atoms with Crippen LogP contribution in [0.2, 0.25) is 0 Å². The highest BCUT2D eigenvalue weighted by atomic mass is 16.5. The molecule has 0 spiro atoms. The van der Waals surface area contributed by atoms with Crippen molar-refractivity contribution < 1.29 is 19.1 Å². The number of aromatic nitrogens is 3. The van der Waals surface area contributed by atoms with Gasteiger partial charge in [-0.25, -0.2) is 14.8 Å². The summed E-state index contributed by atoms with van der Waals surface area (Å²) in [4.78, 5) is 65.5. The first-order valence-electron chi connectivity index (χ1n) is 14.1. The van der Waals surface area contributed by atoms with Gasteiger partial charge < -0.3 is 19.5 Å². The van der Waals surface area contributed by atoms with Crippen LogP contribution in [0.4, 0.5) is 10.5 Å². The third kappa shape index (κ3) is 7.74. The van der Waals surface area contributed by atoms with Crippen LogP contribution in [0.25, 0.3) is 0 Å². The standard InChI is InChI=1S/C30H38N6O5/c1-35(2)26(38)14-8-7-13-23(34-30(40)41-3)25(37)16-21-12-9-15-36(29(21)39)18-22-17-24-28(33-22)27(32-19-31-24)20-10-5-4-6-11-20/h8-9,12,14-15,19-20,23H,4-7,10-11,13,16-18H2,1-3H3,(H,34,40)/b14-8+/t23-/m0/s1. The monoisotopic (exact) mass is 562 g/mol. The normalized spacial score (nSPS) is 15.7. The number of fused-ring (bicyclic) bond motifs is 1. The molecule has 11 heteroatoms. The van der Waals surface area contributed by atoms with E-state index in [0.29, 0.717) is 24.3 Å².